The molecule has 0 unspecified atom stereocenters. The van der Waals surface area contributed by atoms with Crippen molar-refractivity contribution in [2.75, 3.05) is 39.5 Å². The standard InChI is InChI=1S/C12H21NO3/c1-3-11(2)12(14)16-8-4-5-13-6-9-15-10-7-13/h2-10H2,1H3. The zero-order valence-corrected chi connectivity index (χ0v) is 10.0. The van der Waals surface area contributed by atoms with Crippen molar-refractivity contribution in [3.63, 3.8) is 0 Å². The number of hydrogen-bond donors (Lipinski definition) is 0. The summed E-state index contributed by atoms with van der Waals surface area (Å²) in [5.41, 5.74) is 0.548. The number of esters is 1. The molecular weight excluding hydrogens is 206 g/mol. The summed E-state index contributed by atoms with van der Waals surface area (Å²) in [4.78, 5) is 13.6. The Bertz CT molecular complexity index is 234. The first-order valence-corrected chi connectivity index (χ1v) is 5.89. The molecule has 0 atom stereocenters. The molecule has 0 spiro atoms. The molecule has 1 aliphatic heterocycles. The molecule has 0 radical (unpaired) electrons. The lowest BCUT2D eigenvalue weighted by molar-refractivity contribution is -0.139. The van der Waals surface area contributed by atoms with E-state index in [1.165, 1.54) is 0 Å². The molecule has 4 nitrogen and oxygen atoms in total. The predicted octanol–water partition coefficient (Wildman–Crippen LogP) is 1.22. The molecule has 16 heavy (non-hydrogen) atoms. The molecule has 92 valence electrons. The van der Waals surface area contributed by atoms with E-state index in [9.17, 15) is 4.79 Å². The normalized spacial score (nSPS) is 17.1. The van der Waals surface area contributed by atoms with Crippen LogP contribution in [0.3, 0.4) is 0 Å². The Morgan fingerprint density at radius 3 is 2.75 bits per heavy atom. The van der Waals surface area contributed by atoms with Crippen molar-refractivity contribution in [1.29, 1.82) is 0 Å². The van der Waals surface area contributed by atoms with Crippen LogP contribution in [0.25, 0.3) is 0 Å². The fourth-order valence-corrected chi connectivity index (χ4v) is 1.52. The number of nitrogens with zero attached hydrogens (tertiary/aromatic N) is 1. The van der Waals surface area contributed by atoms with Gasteiger partial charge in [-0.15, -0.1) is 0 Å². The summed E-state index contributed by atoms with van der Waals surface area (Å²) in [6.07, 6.45) is 1.53. The zero-order valence-electron chi connectivity index (χ0n) is 10.0. The van der Waals surface area contributed by atoms with Crippen molar-refractivity contribution in [2.24, 2.45) is 0 Å². The highest BCUT2D eigenvalue weighted by atomic mass is 16.5. The van der Waals surface area contributed by atoms with Gasteiger partial charge in [0, 0.05) is 25.2 Å². The average Bonchev–Trinajstić information content (AvgIpc) is 2.34. The molecule has 1 saturated heterocycles. The van der Waals surface area contributed by atoms with Crippen LogP contribution in [0.15, 0.2) is 12.2 Å². The van der Waals surface area contributed by atoms with Crippen LogP contribution in [0.2, 0.25) is 0 Å². The second-order valence-electron chi connectivity index (χ2n) is 3.90. The Morgan fingerprint density at radius 1 is 1.44 bits per heavy atom. The summed E-state index contributed by atoms with van der Waals surface area (Å²) in [6.45, 7) is 10.6. The van der Waals surface area contributed by atoms with Crippen molar-refractivity contribution in [3.05, 3.63) is 12.2 Å². The van der Waals surface area contributed by atoms with Gasteiger partial charge in [0.25, 0.3) is 0 Å². The van der Waals surface area contributed by atoms with Crippen molar-refractivity contribution in [1.82, 2.24) is 4.90 Å². The van der Waals surface area contributed by atoms with Gasteiger partial charge >= 0.3 is 5.97 Å². The van der Waals surface area contributed by atoms with Crippen LogP contribution in [0.4, 0.5) is 0 Å². The molecular formula is C12H21NO3. The number of carbonyl (C=O) groups excluding carboxylic acids is 1. The first-order valence-electron chi connectivity index (χ1n) is 5.89. The molecule has 0 aromatic rings. The van der Waals surface area contributed by atoms with Gasteiger partial charge in [-0.2, -0.15) is 0 Å². The summed E-state index contributed by atoms with van der Waals surface area (Å²) >= 11 is 0. The molecule has 0 aliphatic carbocycles. The molecule has 0 saturated carbocycles. The van der Waals surface area contributed by atoms with E-state index in [-0.39, 0.29) is 5.97 Å². The molecule has 0 aromatic carbocycles. The van der Waals surface area contributed by atoms with Crippen molar-refractivity contribution in [3.8, 4) is 0 Å². The summed E-state index contributed by atoms with van der Waals surface area (Å²) in [7, 11) is 0. The monoisotopic (exact) mass is 227 g/mol. The van der Waals surface area contributed by atoms with Gasteiger partial charge in [0.15, 0.2) is 0 Å². The van der Waals surface area contributed by atoms with E-state index in [2.05, 4.69) is 11.5 Å². The fourth-order valence-electron chi connectivity index (χ4n) is 1.52. The average molecular weight is 227 g/mol. The molecule has 1 rings (SSSR count). The minimum Gasteiger partial charge on any atom is -0.462 e. The molecule has 0 N–H and O–H groups in total. The maximum Gasteiger partial charge on any atom is 0.333 e. The highest BCUT2D eigenvalue weighted by Crippen LogP contribution is 2.01. The third-order valence-corrected chi connectivity index (χ3v) is 2.67. The third kappa shape index (κ3) is 4.77. The zero-order chi connectivity index (χ0) is 11.8. The molecule has 1 fully saturated rings. The molecule has 0 bridgehead atoms. The van der Waals surface area contributed by atoms with E-state index >= 15 is 0 Å². The van der Waals surface area contributed by atoms with E-state index < -0.39 is 0 Å². The maximum atomic E-state index is 11.3. The summed E-state index contributed by atoms with van der Waals surface area (Å²) in [5, 5.41) is 0. The largest absolute Gasteiger partial charge is 0.462 e. The van der Waals surface area contributed by atoms with Gasteiger partial charge in [-0.3, -0.25) is 4.90 Å². The Hall–Kier alpha value is -0.870. The third-order valence-electron chi connectivity index (χ3n) is 2.67. The number of morpholine rings is 1. The smallest absolute Gasteiger partial charge is 0.333 e. The van der Waals surface area contributed by atoms with Gasteiger partial charge in [-0.05, 0) is 12.8 Å². The van der Waals surface area contributed by atoms with Gasteiger partial charge in [0.1, 0.15) is 0 Å². The van der Waals surface area contributed by atoms with E-state index in [0.29, 0.717) is 18.6 Å². The van der Waals surface area contributed by atoms with Gasteiger partial charge in [0.2, 0.25) is 0 Å². The highest BCUT2D eigenvalue weighted by Gasteiger charge is 2.10. The van der Waals surface area contributed by atoms with Gasteiger partial charge in [-0.1, -0.05) is 13.5 Å². The lowest BCUT2D eigenvalue weighted by Crippen LogP contribution is -2.37. The second kappa shape index (κ2) is 7.41. The Morgan fingerprint density at radius 2 is 2.12 bits per heavy atom. The molecule has 0 aromatic heterocycles. The van der Waals surface area contributed by atoms with Gasteiger partial charge in [0.05, 0.1) is 19.8 Å². The summed E-state index contributed by atoms with van der Waals surface area (Å²) in [5.74, 6) is -0.260. The lowest BCUT2D eigenvalue weighted by Gasteiger charge is -2.26. The molecule has 1 aliphatic rings. The van der Waals surface area contributed by atoms with Crippen molar-refractivity contribution < 1.29 is 14.3 Å². The van der Waals surface area contributed by atoms with Crippen LogP contribution in [-0.4, -0.2) is 50.3 Å². The van der Waals surface area contributed by atoms with E-state index in [4.69, 9.17) is 9.47 Å². The molecule has 0 amide bonds. The Kier molecular flexibility index (Phi) is 6.11. The highest BCUT2D eigenvalue weighted by molar-refractivity contribution is 5.87. The Balaban J connectivity index is 2.02. The lowest BCUT2D eigenvalue weighted by atomic mass is 10.2. The molecule has 4 heteroatoms. The number of hydrogen-bond acceptors (Lipinski definition) is 4. The van der Waals surface area contributed by atoms with Crippen LogP contribution < -0.4 is 0 Å². The van der Waals surface area contributed by atoms with Crippen LogP contribution in [0, 0.1) is 0 Å². The number of rotatable bonds is 6. The van der Waals surface area contributed by atoms with Crippen LogP contribution in [0.5, 0.6) is 0 Å². The first-order chi connectivity index (χ1) is 7.74. The quantitative estimate of drug-likeness (QED) is 0.388. The van der Waals surface area contributed by atoms with Crippen molar-refractivity contribution in [2.45, 2.75) is 19.8 Å². The van der Waals surface area contributed by atoms with Crippen LogP contribution in [-0.2, 0) is 14.3 Å². The van der Waals surface area contributed by atoms with E-state index in [1.807, 2.05) is 6.92 Å². The Labute approximate surface area is 97.2 Å². The fraction of sp³-hybridized carbons (Fsp3) is 0.750. The molecule has 1 heterocycles. The van der Waals surface area contributed by atoms with Crippen LogP contribution in [0.1, 0.15) is 19.8 Å². The van der Waals surface area contributed by atoms with E-state index in [0.717, 1.165) is 39.3 Å². The predicted molar refractivity (Wildman–Crippen MR) is 62.3 cm³/mol. The van der Waals surface area contributed by atoms with Crippen LogP contribution >= 0.6 is 0 Å². The number of carbonyl (C=O) groups is 1. The second-order valence-corrected chi connectivity index (χ2v) is 3.90. The minimum atomic E-state index is -0.260. The maximum absolute atomic E-state index is 11.3. The summed E-state index contributed by atoms with van der Waals surface area (Å²) < 4.78 is 10.3. The van der Waals surface area contributed by atoms with Gasteiger partial charge < -0.3 is 9.47 Å². The first kappa shape index (κ1) is 13.2. The minimum absolute atomic E-state index is 0.260. The number of ether oxygens (including phenoxy) is 2. The summed E-state index contributed by atoms with van der Waals surface area (Å²) in [6, 6.07) is 0. The van der Waals surface area contributed by atoms with E-state index in [1.54, 1.807) is 0 Å². The SMILES string of the molecule is C=C(CC)C(=O)OCCCN1CCOCC1. The van der Waals surface area contributed by atoms with Crippen molar-refractivity contribution >= 4 is 5.97 Å². The van der Waals surface area contributed by atoms with Gasteiger partial charge in [-0.25, -0.2) is 4.79 Å². The topological polar surface area (TPSA) is 38.8 Å².